The molecule has 6 heteroatoms. The van der Waals surface area contributed by atoms with E-state index in [1.807, 2.05) is 17.8 Å². The van der Waals surface area contributed by atoms with Crippen molar-refractivity contribution >= 4 is 0 Å². The van der Waals surface area contributed by atoms with E-state index in [4.69, 9.17) is 4.52 Å². The number of imidazole rings is 1. The van der Waals surface area contributed by atoms with Gasteiger partial charge in [-0.25, -0.2) is 4.98 Å². The van der Waals surface area contributed by atoms with E-state index in [0.717, 1.165) is 18.3 Å². The van der Waals surface area contributed by atoms with E-state index in [1.54, 1.807) is 6.20 Å². The van der Waals surface area contributed by atoms with Crippen LogP contribution in [0.5, 0.6) is 0 Å². The largest absolute Gasteiger partial charge is 0.337 e. The van der Waals surface area contributed by atoms with Gasteiger partial charge in [0.25, 0.3) is 0 Å². The van der Waals surface area contributed by atoms with E-state index in [2.05, 4.69) is 20.4 Å². The van der Waals surface area contributed by atoms with Crippen LogP contribution >= 0.6 is 0 Å². The highest BCUT2D eigenvalue weighted by atomic mass is 16.5. The van der Waals surface area contributed by atoms with Crippen LogP contribution in [0, 0.1) is 5.92 Å². The first-order valence-electron chi connectivity index (χ1n) is 5.84. The van der Waals surface area contributed by atoms with E-state index in [0.29, 0.717) is 18.3 Å². The first-order valence-corrected chi connectivity index (χ1v) is 5.84. The summed E-state index contributed by atoms with van der Waals surface area (Å²) in [4.78, 5) is 8.48. The molecule has 0 unspecified atom stereocenters. The van der Waals surface area contributed by atoms with Gasteiger partial charge in [-0.3, -0.25) is 0 Å². The van der Waals surface area contributed by atoms with Gasteiger partial charge in [-0.1, -0.05) is 5.16 Å². The lowest BCUT2D eigenvalue weighted by molar-refractivity contribution is 0.366. The van der Waals surface area contributed by atoms with E-state index >= 15 is 0 Å². The van der Waals surface area contributed by atoms with Crippen LogP contribution in [-0.2, 0) is 13.6 Å². The molecule has 3 rings (SSSR count). The van der Waals surface area contributed by atoms with Crippen molar-refractivity contribution in [2.45, 2.75) is 19.4 Å². The SMILES string of the molecule is Cn1ccnc1-c1noc(CNCC2CC2)n1. The summed E-state index contributed by atoms with van der Waals surface area (Å²) < 4.78 is 7.04. The van der Waals surface area contributed by atoms with Crippen LogP contribution in [-0.4, -0.2) is 26.2 Å². The Kier molecular flexibility index (Phi) is 2.64. The molecule has 1 fully saturated rings. The molecule has 0 saturated heterocycles. The number of rotatable bonds is 5. The van der Waals surface area contributed by atoms with Gasteiger partial charge in [-0.2, -0.15) is 4.98 Å². The highest BCUT2D eigenvalue weighted by molar-refractivity contribution is 5.42. The molecule has 2 heterocycles. The van der Waals surface area contributed by atoms with E-state index in [9.17, 15) is 0 Å². The monoisotopic (exact) mass is 233 g/mol. The second-order valence-corrected chi connectivity index (χ2v) is 4.45. The quantitative estimate of drug-likeness (QED) is 0.833. The zero-order valence-corrected chi connectivity index (χ0v) is 9.76. The van der Waals surface area contributed by atoms with E-state index < -0.39 is 0 Å². The molecule has 0 aliphatic heterocycles. The standard InChI is InChI=1S/C11H15N5O/c1-16-5-4-13-11(16)10-14-9(17-15-10)7-12-6-8-2-3-8/h4-5,8,12H,2-3,6-7H2,1H3. The Morgan fingerprint density at radius 2 is 2.41 bits per heavy atom. The Bertz CT molecular complexity index is 499. The molecule has 0 aromatic carbocycles. The zero-order valence-electron chi connectivity index (χ0n) is 9.76. The average Bonchev–Trinajstić information content (AvgIpc) is 2.85. The van der Waals surface area contributed by atoms with E-state index in [1.165, 1.54) is 12.8 Å². The number of nitrogens with one attached hydrogen (secondary N) is 1. The van der Waals surface area contributed by atoms with Crippen molar-refractivity contribution < 1.29 is 4.52 Å². The molecule has 1 aliphatic carbocycles. The molecule has 2 aromatic heterocycles. The normalized spacial score (nSPS) is 15.4. The Hall–Kier alpha value is -1.69. The third-order valence-electron chi connectivity index (χ3n) is 2.90. The average molecular weight is 233 g/mol. The molecule has 0 spiro atoms. The third-order valence-corrected chi connectivity index (χ3v) is 2.90. The van der Waals surface area contributed by atoms with Gasteiger partial charge >= 0.3 is 0 Å². The third kappa shape index (κ3) is 2.36. The summed E-state index contributed by atoms with van der Waals surface area (Å²) in [5.41, 5.74) is 0. The van der Waals surface area contributed by atoms with Crippen LogP contribution in [0.25, 0.3) is 11.6 Å². The zero-order chi connectivity index (χ0) is 11.7. The summed E-state index contributed by atoms with van der Waals surface area (Å²) in [5, 5.41) is 7.24. The molecule has 0 atom stereocenters. The van der Waals surface area contributed by atoms with Crippen molar-refractivity contribution in [3.05, 3.63) is 18.3 Å². The number of nitrogens with zero attached hydrogens (tertiary/aromatic N) is 4. The summed E-state index contributed by atoms with van der Waals surface area (Å²) in [7, 11) is 1.91. The minimum atomic E-state index is 0.542. The summed E-state index contributed by atoms with van der Waals surface area (Å²) in [6.07, 6.45) is 6.26. The van der Waals surface area contributed by atoms with Crippen molar-refractivity contribution in [3.8, 4) is 11.6 Å². The maximum Gasteiger partial charge on any atom is 0.241 e. The highest BCUT2D eigenvalue weighted by Crippen LogP contribution is 2.27. The molecular weight excluding hydrogens is 218 g/mol. The molecule has 1 N–H and O–H groups in total. The number of hydrogen-bond acceptors (Lipinski definition) is 5. The predicted octanol–water partition coefficient (Wildman–Crippen LogP) is 0.970. The van der Waals surface area contributed by atoms with Crippen molar-refractivity contribution in [2.24, 2.45) is 13.0 Å². The Morgan fingerprint density at radius 3 is 3.12 bits per heavy atom. The molecule has 0 bridgehead atoms. The molecule has 1 saturated carbocycles. The molecule has 1 aliphatic rings. The molecule has 2 aromatic rings. The number of aryl methyl sites for hydroxylation is 1. The van der Waals surface area contributed by atoms with Gasteiger partial charge in [0.1, 0.15) is 0 Å². The first-order chi connectivity index (χ1) is 8.33. The smallest absolute Gasteiger partial charge is 0.241 e. The maximum atomic E-state index is 5.17. The maximum absolute atomic E-state index is 5.17. The lowest BCUT2D eigenvalue weighted by Gasteiger charge is -1.97. The van der Waals surface area contributed by atoms with E-state index in [-0.39, 0.29) is 0 Å². The lowest BCUT2D eigenvalue weighted by atomic mass is 10.4. The van der Waals surface area contributed by atoms with Crippen LogP contribution in [0.1, 0.15) is 18.7 Å². The highest BCUT2D eigenvalue weighted by Gasteiger charge is 2.20. The Labute approximate surface area is 99.0 Å². The van der Waals surface area contributed by atoms with Gasteiger partial charge in [0, 0.05) is 19.4 Å². The Balaban J connectivity index is 1.63. The van der Waals surface area contributed by atoms with Crippen LogP contribution in [0.2, 0.25) is 0 Å². The van der Waals surface area contributed by atoms with Gasteiger partial charge in [-0.05, 0) is 25.3 Å². The van der Waals surface area contributed by atoms with Crippen molar-refractivity contribution in [2.75, 3.05) is 6.54 Å². The van der Waals surface area contributed by atoms with Crippen LogP contribution in [0.15, 0.2) is 16.9 Å². The van der Waals surface area contributed by atoms with Gasteiger partial charge < -0.3 is 14.4 Å². The topological polar surface area (TPSA) is 68.8 Å². The molecule has 90 valence electrons. The minimum Gasteiger partial charge on any atom is -0.337 e. The van der Waals surface area contributed by atoms with Gasteiger partial charge in [0.15, 0.2) is 5.82 Å². The predicted molar refractivity (Wildman–Crippen MR) is 60.9 cm³/mol. The summed E-state index contributed by atoms with van der Waals surface area (Å²) in [6, 6.07) is 0. The Morgan fingerprint density at radius 1 is 1.53 bits per heavy atom. The van der Waals surface area contributed by atoms with Gasteiger partial charge in [0.05, 0.1) is 6.54 Å². The lowest BCUT2D eigenvalue weighted by Crippen LogP contribution is -2.16. The van der Waals surface area contributed by atoms with Crippen molar-refractivity contribution in [1.29, 1.82) is 0 Å². The number of hydrogen-bond donors (Lipinski definition) is 1. The molecule has 0 radical (unpaired) electrons. The van der Waals surface area contributed by atoms with Gasteiger partial charge in [0.2, 0.25) is 11.7 Å². The second kappa shape index (κ2) is 4.29. The molecule has 17 heavy (non-hydrogen) atoms. The minimum absolute atomic E-state index is 0.542. The summed E-state index contributed by atoms with van der Waals surface area (Å²) in [6.45, 7) is 1.67. The summed E-state index contributed by atoms with van der Waals surface area (Å²) in [5.74, 6) is 2.73. The van der Waals surface area contributed by atoms with Gasteiger partial charge in [-0.15, -0.1) is 0 Å². The first kappa shape index (κ1) is 10.5. The second-order valence-electron chi connectivity index (χ2n) is 4.45. The molecular formula is C11H15N5O. The fraction of sp³-hybridized carbons (Fsp3) is 0.545. The summed E-state index contributed by atoms with van der Waals surface area (Å²) >= 11 is 0. The van der Waals surface area contributed by atoms with Crippen molar-refractivity contribution in [1.82, 2.24) is 25.0 Å². The van der Waals surface area contributed by atoms with Crippen LogP contribution < -0.4 is 5.32 Å². The van der Waals surface area contributed by atoms with Crippen LogP contribution in [0.3, 0.4) is 0 Å². The van der Waals surface area contributed by atoms with Crippen LogP contribution in [0.4, 0.5) is 0 Å². The number of aromatic nitrogens is 4. The molecule has 0 amide bonds. The molecule has 6 nitrogen and oxygen atoms in total. The van der Waals surface area contributed by atoms with Crippen molar-refractivity contribution in [3.63, 3.8) is 0 Å². The fourth-order valence-electron chi connectivity index (χ4n) is 1.70. The fourth-order valence-corrected chi connectivity index (χ4v) is 1.70.